The highest BCUT2D eigenvalue weighted by Crippen LogP contribution is 2.51. The SMILES string of the molecule is CN1/C(=C/C=C/C2=CC(=C/C=C/C3=[N+](C)c4ccc5ccccc5c4C3(Cc3ccccc3)Cc3ccccc3)/CC(C)(C)C2)C(C)(C)c2c1ccc1ccccc21. The number of benzene rings is 6. The van der Waals surface area contributed by atoms with Crippen molar-refractivity contribution in [1.29, 1.82) is 0 Å². The Balaban J connectivity index is 1.08. The monoisotopic (exact) mass is 755 g/mol. The zero-order valence-electron chi connectivity index (χ0n) is 35.0. The van der Waals surface area contributed by atoms with E-state index < -0.39 is 0 Å². The third-order valence-electron chi connectivity index (χ3n) is 13.1. The molecule has 58 heavy (non-hydrogen) atoms. The van der Waals surface area contributed by atoms with Gasteiger partial charge < -0.3 is 4.90 Å². The van der Waals surface area contributed by atoms with Crippen molar-refractivity contribution < 1.29 is 4.58 Å². The van der Waals surface area contributed by atoms with Crippen molar-refractivity contribution in [1.82, 2.24) is 0 Å². The molecular weight excluding hydrogens is 701 g/mol. The number of likely N-dealkylation sites (N-methyl/N-ethyl adjacent to an activating group) is 1. The molecule has 3 aliphatic rings. The molecule has 2 heterocycles. The number of rotatable bonds is 8. The van der Waals surface area contributed by atoms with E-state index in [2.05, 4.69) is 227 Å². The van der Waals surface area contributed by atoms with Gasteiger partial charge in [-0.3, -0.25) is 0 Å². The van der Waals surface area contributed by atoms with Gasteiger partial charge in [-0.1, -0.05) is 173 Å². The number of hydrogen-bond acceptors (Lipinski definition) is 1. The maximum atomic E-state index is 2.47. The van der Waals surface area contributed by atoms with Gasteiger partial charge in [0.05, 0.1) is 5.41 Å². The second-order valence-electron chi connectivity index (χ2n) is 18.1. The highest BCUT2D eigenvalue weighted by Gasteiger charge is 2.51. The van der Waals surface area contributed by atoms with Crippen LogP contribution in [0.5, 0.6) is 0 Å². The largest absolute Gasteiger partial charge is 0.347 e. The standard InChI is InChI=1S/C56H55N2/c1-54(2)36-42(23-17-29-50-55(3,4)52-46-27-15-13-25-44(46)31-33-48(52)57(50)5)35-43(37-54)24-18-30-51-56(38-40-19-9-7-10-20-40,39-41-21-11-8-12-22-41)53-47-28-16-14-26-45(47)32-34-49(53)58(51)6/h7-35H,36-39H2,1-6H3/q+1. The summed E-state index contributed by atoms with van der Waals surface area (Å²) in [5, 5.41) is 5.28. The van der Waals surface area contributed by atoms with Crippen LogP contribution in [0, 0.1) is 5.41 Å². The lowest BCUT2D eigenvalue weighted by molar-refractivity contribution is -0.401. The van der Waals surface area contributed by atoms with Gasteiger partial charge >= 0.3 is 0 Å². The highest BCUT2D eigenvalue weighted by molar-refractivity contribution is 6.08. The second kappa shape index (κ2) is 14.7. The zero-order valence-corrected chi connectivity index (χ0v) is 35.0. The molecule has 288 valence electrons. The molecule has 6 aromatic rings. The lowest BCUT2D eigenvalue weighted by Crippen LogP contribution is -2.39. The summed E-state index contributed by atoms with van der Waals surface area (Å²) in [6.45, 7) is 9.55. The van der Waals surface area contributed by atoms with Crippen LogP contribution in [-0.2, 0) is 23.7 Å². The predicted octanol–water partition coefficient (Wildman–Crippen LogP) is 13.5. The van der Waals surface area contributed by atoms with Crippen molar-refractivity contribution >= 4 is 38.6 Å². The number of nitrogens with zero attached hydrogens (tertiary/aromatic N) is 2. The molecule has 2 nitrogen and oxygen atoms in total. The molecule has 0 spiro atoms. The van der Waals surface area contributed by atoms with Gasteiger partial charge in [-0.05, 0) is 98.7 Å². The molecule has 0 fully saturated rings. The smallest absolute Gasteiger partial charge is 0.210 e. The molecule has 0 unspecified atom stereocenters. The van der Waals surface area contributed by atoms with Gasteiger partial charge in [0.15, 0.2) is 5.71 Å². The summed E-state index contributed by atoms with van der Waals surface area (Å²) >= 11 is 0. The molecule has 0 aromatic heterocycles. The first kappa shape index (κ1) is 37.6. The average molecular weight is 756 g/mol. The van der Waals surface area contributed by atoms with Gasteiger partial charge in [-0.25, -0.2) is 0 Å². The molecule has 2 heteroatoms. The van der Waals surface area contributed by atoms with E-state index >= 15 is 0 Å². The Morgan fingerprint density at radius 2 is 1.17 bits per heavy atom. The highest BCUT2D eigenvalue weighted by atomic mass is 15.2. The number of allylic oxidation sites excluding steroid dienone is 10. The fourth-order valence-corrected chi connectivity index (χ4v) is 10.6. The summed E-state index contributed by atoms with van der Waals surface area (Å²) in [7, 11) is 4.48. The van der Waals surface area contributed by atoms with Crippen molar-refractivity contribution in [3.8, 4) is 0 Å². The fraction of sp³-hybridized carbons (Fsp3) is 0.232. The molecule has 2 aliphatic heterocycles. The predicted molar refractivity (Wildman–Crippen MR) is 248 cm³/mol. The van der Waals surface area contributed by atoms with E-state index in [1.807, 2.05) is 0 Å². The molecule has 1 aliphatic carbocycles. The van der Waals surface area contributed by atoms with E-state index in [4.69, 9.17) is 0 Å². The van der Waals surface area contributed by atoms with E-state index in [1.54, 1.807) is 0 Å². The van der Waals surface area contributed by atoms with E-state index in [1.165, 1.54) is 77.7 Å². The first-order chi connectivity index (χ1) is 28.0. The van der Waals surface area contributed by atoms with Crippen LogP contribution in [0.2, 0.25) is 0 Å². The summed E-state index contributed by atoms with van der Waals surface area (Å²) in [4.78, 5) is 2.38. The number of fused-ring (bicyclic) bond motifs is 6. The Hall–Kier alpha value is -5.99. The average Bonchev–Trinajstić information content (AvgIpc) is 3.56. The molecule has 0 atom stereocenters. The van der Waals surface area contributed by atoms with Gasteiger partial charge in [0.1, 0.15) is 7.05 Å². The molecular formula is C56H55N2+. The Kier molecular flexibility index (Phi) is 9.56. The van der Waals surface area contributed by atoms with Gasteiger partial charge in [0.25, 0.3) is 0 Å². The van der Waals surface area contributed by atoms with Crippen molar-refractivity contribution in [3.63, 3.8) is 0 Å². The minimum Gasteiger partial charge on any atom is -0.347 e. The van der Waals surface area contributed by atoms with Crippen molar-refractivity contribution in [2.45, 2.75) is 64.2 Å². The maximum Gasteiger partial charge on any atom is 0.210 e. The Morgan fingerprint density at radius 1 is 0.603 bits per heavy atom. The first-order valence-corrected chi connectivity index (χ1v) is 21.0. The van der Waals surface area contributed by atoms with Crippen LogP contribution in [-0.4, -0.2) is 24.4 Å². The van der Waals surface area contributed by atoms with E-state index in [9.17, 15) is 0 Å². The summed E-state index contributed by atoms with van der Waals surface area (Å²) in [6, 6.07) is 49.1. The molecule has 6 aromatic carbocycles. The van der Waals surface area contributed by atoms with Gasteiger partial charge in [0, 0.05) is 41.6 Å². The Morgan fingerprint density at radius 3 is 1.83 bits per heavy atom. The van der Waals surface area contributed by atoms with Crippen molar-refractivity contribution in [2.75, 3.05) is 19.0 Å². The molecule has 0 radical (unpaired) electrons. The lowest BCUT2D eigenvalue weighted by Gasteiger charge is -2.30. The molecule has 0 bridgehead atoms. The van der Waals surface area contributed by atoms with Crippen LogP contribution in [0.4, 0.5) is 11.4 Å². The third-order valence-corrected chi connectivity index (χ3v) is 13.1. The summed E-state index contributed by atoms with van der Waals surface area (Å²) in [6.07, 6.45) is 20.5. The van der Waals surface area contributed by atoms with Gasteiger partial charge in [0.2, 0.25) is 5.69 Å². The Bertz CT molecular complexity index is 2690. The van der Waals surface area contributed by atoms with Crippen LogP contribution in [0.15, 0.2) is 193 Å². The lowest BCUT2D eigenvalue weighted by atomic mass is 9.67. The van der Waals surface area contributed by atoms with Crippen LogP contribution in [0.25, 0.3) is 21.5 Å². The fourth-order valence-electron chi connectivity index (χ4n) is 10.6. The van der Waals surface area contributed by atoms with Crippen LogP contribution in [0.3, 0.4) is 0 Å². The zero-order chi connectivity index (χ0) is 40.1. The molecule has 9 rings (SSSR count). The second-order valence-corrected chi connectivity index (χ2v) is 18.1. The molecule has 0 amide bonds. The van der Waals surface area contributed by atoms with Crippen LogP contribution >= 0.6 is 0 Å². The number of anilines is 1. The minimum atomic E-state index is -0.265. The van der Waals surface area contributed by atoms with E-state index in [0.29, 0.717) is 0 Å². The van der Waals surface area contributed by atoms with Crippen LogP contribution < -0.4 is 4.90 Å². The van der Waals surface area contributed by atoms with Gasteiger partial charge in [-0.2, -0.15) is 4.58 Å². The summed E-state index contributed by atoms with van der Waals surface area (Å²) in [5.74, 6) is 0. The normalized spacial score (nSPS) is 19.6. The molecule has 0 N–H and O–H groups in total. The summed E-state index contributed by atoms with van der Waals surface area (Å²) in [5.41, 5.74) is 13.4. The number of hydrogen-bond donors (Lipinski definition) is 0. The third kappa shape index (κ3) is 6.69. The molecule has 0 saturated heterocycles. The maximum absolute atomic E-state index is 2.47. The van der Waals surface area contributed by atoms with Crippen molar-refractivity contribution in [2.24, 2.45) is 5.41 Å². The van der Waals surface area contributed by atoms with Crippen molar-refractivity contribution in [3.05, 3.63) is 215 Å². The van der Waals surface area contributed by atoms with Crippen LogP contribution in [0.1, 0.15) is 62.8 Å². The summed E-state index contributed by atoms with van der Waals surface area (Å²) < 4.78 is 2.47. The quantitative estimate of drug-likeness (QED) is 0.140. The Labute approximate surface area is 345 Å². The first-order valence-electron chi connectivity index (χ1n) is 21.0. The van der Waals surface area contributed by atoms with Gasteiger partial charge in [-0.15, -0.1) is 0 Å². The topological polar surface area (TPSA) is 6.25 Å². The minimum absolute atomic E-state index is 0.0986. The van der Waals surface area contributed by atoms with E-state index in [0.717, 1.165) is 25.7 Å². The molecule has 0 saturated carbocycles. The van der Waals surface area contributed by atoms with E-state index in [-0.39, 0.29) is 16.2 Å².